The molecule has 0 aromatic carbocycles. The van der Waals surface area contributed by atoms with Gasteiger partial charge in [-0.15, -0.1) is 0 Å². The summed E-state index contributed by atoms with van der Waals surface area (Å²) in [5.74, 6) is 0.641. The van der Waals surface area contributed by atoms with Crippen LogP contribution in [0, 0.1) is 5.92 Å². The van der Waals surface area contributed by atoms with Gasteiger partial charge in [0.25, 0.3) is 0 Å². The molecule has 25 heavy (non-hydrogen) atoms. The zero-order valence-corrected chi connectivity index (χ0v) is 21.2. The van der Waals surface area contributed by atoms with Crippen molar-refractivity contribution in [1.82, 2.24) is 0 Å². The molecule has 0 spiro atoms. The monoisotopic (exact) mass is 408 g/mol. The largest absolute Gasteiger partial charge is 0.510 e. The van der Waals surface area contributed by atoms with E-state index < -0.39 is 18.3 Å². The maximum Gasteiger partial charge on any atom is 0.510 e. The third-order valence-electron chi connectivity index (χ3n) is 5.09. The highest BCUT2D eigenvalue weighted by molar-refractivity contribution is 7.84. The molecule has 0 rings (SSSR count). The predicted octanol–water partition coefficient (Wildman–Crippen LogP) is 5.19. The van der Waals surface area contributed by atoms with Gasteiger partial charge in [-0.1, -0.05) is 67.7 Å². The van der Waals surface area contributed by atoms with Crippen LogP contribution in [0.25, 0.3) is 0 Å². The molecular formula is C19H44O3SSi2. The average molecular weight is 409 g/mol. The Bertz CT molecular complexity index is 301. The summed E-state index contributed by atoms with van der Waals surface area (Å²) in [5.41, 5.74) is 0. The fourth-order valence-electron chi connectivity index (χ4n) is 2.35. The molecule has 0 aliphatic carbocycles. The van der Waals surface area contributed by atoms with Gasteiger partial charge in [0.15, 0.2) is 0 Å². The zero-order valence-electron chi connectivity index (χ0n) is 17.9. The lowest BCUT2D eigenvalue weighted by atomic mass is 9.99. The Morgan fingerprint density at radius 2 is 1.20 bits per heavy atom. The molecule has 6 heteroatoms. The lowest BCUT2D eigenvalue weighted by Gasteiger charge is -2.38. The fraction of sp³-hybridized carbons (Fsp3) is 1.00. The van der Waals surface area contributed by atoms with Gasteiger partial charge in [0.05, 0.1) is 4.50 Å². The maximum atomic E-state index is 6.40. The summed E-state index contributed by atoms with van der Waals surface area (Å²) in [4.78, 5) is 0. The van der Waals surface area contributed by atoms with Crippen molar-refractivity contribution >= 4 is 31.0 Å². The molecule has 0 radical (unpaired) electrons. The SMILES string of the molecule is CCCCO[Si](OCCCC)(OCCCC)[C@@H](S)[SiH2]C(C)(C)C(C)C. The second-order valence-corrected chi connectivity index (χ2v) is 16.5. The Morgan fingerprint density at radius 1 is 0.840 bits per heavy atom. The maximum absolute atomic E-state index is 6.40. The van der Waals surface area contributed by atoms with E-state index in [1.165, 1.54) is 0 Å². The standard InChI is InChI=1S/C19H44O3SSi2/c1-8-11-14-20-25(21-15-12-9-2,22-16-13-10-3)18(23)24-19(6,7)17(4)5/h17-18,23H,8-16,24H2,1-7H3/t18-/m0/s1. The number of hydrogen-bond acceptors (Lipinski definition) is 4. The van der Waals surface area contributed by atoms with Crippen LogP contribution in [-0.2, 0) is 13.3 Å². The Morgan fingerprint density at radius 3 is 1.48 bits per heavy atom. The van der Waals surface area contributed by atoms with Crippen LogP contribution in [0.4, 0.5) is 0 Å². The molecule has 0 saturated carbocycles. The summed E-state index contributed by atoms with van der Waals surface area (Å²) >= 11 is 5.05. The van der Waals surface area contributed by atoms with Crippen molar-refractivity contribution in [1.29, 1.82) is 0 Å². The van der Waals surface area contributed by atoms with Gasteiger partial charge in [0.2, 0.25) is 0 Å². The van der Waals surface area contributed by atoms with Crippen molar-refractivity contribution in [3.05, 3.63) is 0 Å². The highest BCUT2D eigenvalue weighted by Gasteiger charge is 2.50. The molecular weight excluding hydrogens is 364 g/mol. The van der Waals surface area contributed by atoms with Crippen molar-refractivity contribution < 1.29 is 13.3 Å². The van der Waals surface area contributed by atoms with E-state index in [4.69, 9.17) is 25.9 Å². The molecule has 0 aromatic heterocycles. The summed E-state index contributed by atoms with van der Waals surface area (Å²) in [6.45, 7) is 18.1. The molecule has 0 aliphatic rings. The third kappa shape index (κ3) is 9.96. The van der Waals surface area contributed by atoms with Crippen LogP contribution in [0.15, 0.2) is 0 Å². The summed E-state index contributed by atoms with van der Waals surface area (Å²) in [7, 11) is -3.28. The molecule has 0 heterocycles. The normalized spacial score (nSPS) is 14.8. The van der Waals surface area contributed by atoms with Gasteiger partial charge in [-0.3, -0.25) is 0 Å². The molecule has 152 valence electrons. The predicted molar refractivity (Wildman–Crippen MR) is 119 cm³/mol. The van der Waals surface area contributed by atoms with Crippen LogP contribution in [0.5, 0.6) is 0 Å². The van der Waals surface area contributed by atoms with E-state index in [0.717, 1.165) is 58.3 Å². The lowest BCUT2D eigenvalue weighted by molar-refractivity contribution is 0.0590. The molecule has 1 atom stereocenters. The number of rotatable bonds is 16. The van der Waals surface area contributed by atoms with Crippen molar-refractivity contribution in [2.24, 2.45) is 5.92 Å². The van der Waals surface area contributed by atoms with Crippen LogP contribution in [0.2, 0.25) is 5.04 Å². The van der Waals surface area contributed by atoms with Gasteiger partial charge in [0, 0.05) is 29.3 Å². The minimum Gasteiger partial charge on any atom is -0.373 e. The Balaban J connectivity index is 5.27. The van der Waals surface area contributed by atoms with Crippen molar-refractivity contribution in [3.63, 3.8) is 0 Å². The second-order valence-electron chi connectivity index (χ2n) is 8.07. The van der Waals surface area contributed by atoms with Crippen LogP contribution < -0.4 is 0 Å². The minimum absolute atomic E-state index is 0.162. The van der Waals surface area contributed by atoms with E-state index in [2.05, 4.69) is 48.5 Å². The van der Waals surface area contributed by atoms with Crippen molar-refractivity contribution in [3.8, 4) is 0 Å². The van der Waals surface area contributed by atoms with Crippen LogP contribution in [0.3, 0.4) is 0 Å². The number of unbranched alkanes of at least 4 members (excludes halogenated alkanes) is 3. The average Bonchev–Trinajstić information content (AvgIpc) is 2.54. The zero-order chi connectivity index (χ0) is 19.3. The fourth-order valence-corrected chi connectivity index (χ4v) is 11.7. The number of hydrogen-bond donors (Lipinski definition) is 1. The highest BCUT2D eigenvalue weighted by Crippen LogP contribution is 2.36. The summed E-state index contributed by atoms with van der Waals surface area (Å²) in [5, 5.41) is 0.320. The first-order valence-corrected chi connectivity index (χ1v) is 14.2. The first-order chi connectivity index (χ1) is 11.8. The van der Waals surface area contributed by atoms with Crippen LogP contribution >= 0.6 is 12.6 Å². The summed E-state index contributed by atoms with van der Waals surface area (Å²) < 4.78 is 19.4. The van der Waals surface area contributed by atoms with E-state index >= 15 is 0 Å². The summed E-state index contributed by atoms with van der Waals surface area (Å²) in [6, 6.07) is 0. The molecule has 0 bridgehead atoms. The molecule has 0 saturated heterocycles. The molecule has 0 aromatic rings. The highest BCUT2D eigenvalue weighted by atomic mass is 32.1. The molecule has 0 amide bonds. The third-order valence-corrected chi connectivity index (χ3v) is 13.6. The Labute approximate surface area is 166 Å². The smallest absolute Gasteiger partial charge is 0.373 e. The molecule has 0 fully saturated rings. The minimum atomic E-state index is -2.74. The van der Waals surface area contributed by atoms with Crippen molar-refractivity contribution in [2.75, 3.05) is 19.8 Å². The van der Waals surface area contributed by atoms with Gasteiger partial charge in [-0.2, -0.15) is 12.6 Å². The van der Waals surface area contributed by atoms with Crippen LogP contribution in [-0.4, -0.2) is 42.6 Å². The summed E-state index contributed by atoms with van der Waals surface area (Å²) in [6.07, 6.45) is 6.54. The Hall–Kier alpha value is 0.664. The van der Waals surface area contributed by atoms with Crippen LogP contribution in [0.1, 0.15) is 87.0 Å². The molecule has 3 nitrogen and oxygen atoms in total. The quantitative estimate of drug-likeness (QED) is 0.216. The topological polar surface area (TPSA) is 27.7 Å². The molecule has 0 aliphatic heterocycles. The second kappa shape index (κ2) is 13.8. The van der Waals surface area contributed by atoms with E-state index in [1.807, 2.05) is 0 Å². The van der Waals surface area contributed by atoms with Crippen molar-refractivity contribution in [2.45, 2.75) is 96.5 Å². The van der Waals surface area contributed by atoms with E-state index in [-0.39, 0.29) is 4.50 Å². The van der Waals surface area contributed by atoms with Gasteiger partial charge < -0.3 is 13.3 Å². The van der Waals surface area contributed by atoms with Gasteiger partial charge >= 0.3 is 8.80 Å². The first kappa shape index (κ1) is 25.7. The number of thiol groups is 1. The molecule has 0 unspecified atom stereocenters. The molecule has 0 N–H and O–H groups in total. The van der Waals surface area contributed by atoms with E-state index in [1.54, 1.807) is 0 Å². The van der Waals surface area contributed by atoms with E-state index in [9.17, 15) is 0 Å². The van der Waals surface area contributed by atoms with Gasteiger partial charge in [0.1, 0.15) is 0 Å². The van der Waals surface area contributed by atoms with Gasteiger partial charge in [-0.05, 0) is 30.2 Å². The lowest BCUT2D eigenvalue weighted by Crippen LogP contribution is -2.58. The van der Waals surface area contributed by atoms with E-state index in [0.29, 0.717) is 11.0 Å². The Kier molecular flexibility index (Phi) is 14.1. The van der Waals surface area contributed by atoms with Gasteiger partial charge in [-0.25, -0.2) is 0 Å². The first-order valence-electron chi connectivity index (χ1n) is 10.4.